The second-order valence-electron chi connectivity index (χ2n) is 4.20. The molecule has 3 nitrogen and oxygen atoms in total. The Morgan fingerprint density at radius 2 is 2.19 bits per heavy atom. The highest BCUT2D eigenvalue weighted by atomic mass is 32.2. The zero-order valence-corrected chi connectivity index (χ0v) is 11.2. The Balaban J connectivity index is 2.40. The summed E-state index contributed by atoms with van der Waals surface area (Å²) in [6.07, 6.45) is 5.94. The lowest BCUT2D eigenvalue weighted by Crippen LogP contribution is -2.02. The first-order valence-electron chi connectivity index (χ1n) is 5.91. The minimum atomic E-state index is 0.752. The number of rotatable bonds is 7. The van der Waals surface area contributed by atoms with Crippen molar-refractivity contribution in [2.24, 2.45) is 5.92 Å². The van der Waals surface area contributed by atoms with E-state index in [0.717, 1.165) is 35.5 Å². The summed E-state index contributed by atoms with van der Waals surface area (Å²) in [4.78, 5) is 8.69. The van der Waals surface area contributed by atoms with Crippen LogP contribution in [0.4, 0.5) is 5.82 Å². The molecule has 0 aliphatic heterocycles. The van der Waals surface area contributed by atoms with Crippen molar-refractivity contribution in [3.8, 4) is 0 Å². The summed E-state index contributed by atoms with van der Waals surface area (Å²) in [5.74, 6) is 2.75. The second kappa shape index (κ2) is 7.49. The SMILES string of the molecule is CCCNc1cncc(SCCC(C)C)n1. The van der Waals surface area contributed by atoms with Crippen molar-refractivity contribution in [2.75, 3.05) is 17.6 Å². The third-order valence-electron chi connectivity index (χ3n) is 2.11. The highest BCUT2D eigenvalue weighted by molar-refractivity contribution is 7.99. The molecule has 0 saturated carbocycles. The van der Waals surface area contributed by atoms with Crippen LogP contribution in [0.1, 0.15) is 33.6 Å². The summed E-state index contributed by atoms with van der Waals surface area (Å²) in [7, 11) is 0. The van der Waals surface area contributed by atoms with Crippen LogP contribution in [0, 0.1) is 5.92 Å². The monoisotopic (exact) mass is 239 g/mol. The molecule has 0 aliphatic carbocycles. The Morgan fingerprint density at radius 3 is 2.88 bits per heavy atom. The highest BCUT2D eigenvalue weighted by Gasteiger charge is 2.00. The van der Waals surface area contributed by atoms with Crippen LogP contribution in [0.25, 0.3) is 0 Å². The normalized spacial score (nSPS) is 10.8. The first-order chi connectivity index (χ1) is 7.72. The fraction of sp³-hybridized carbons (Fsp3) is 0.667. The van der Waals surface area contributed by atoms with Gasteiger partial charge < -0.3 is 5.32 Å². The number of hydrogen-bond donors (Lipinski definition) is 1. The van der Waals surface area contributed by atoms with Gasteiger partial charge in [0.25, 0.3) is 0 Å². The third kappa shape index (κ3) is 5.35. The molecule has 1 aromatic rings. The molecule has 4 heteroatoms. The number of anilines is 1. The number of nitrogens with one attached hydrogen (secondary N) is 1. The molecule has 0 aliphatic rings. The summed E-state index contributed by atoms with van der Waals surface area (Å²) < 4.78 is 0. The first kappa shape index (κ1) is 13.3. The van der Waals surface area contributed by atoms with Gasteiger partial charge in [0.05, 0.1) is 12.4 Å². The van der Waals surface area contributed by atoms with Crippen LogP contribution in [0.5, 0.6) is 0 Å². The molecule has 0 saturated heterocycles. The minimum absolute atomic E-state index is 0.752. The van der Waals surface area contributed by atoms with Crippen LogP contribution in [0.2, 0.25) is 0 Å². The average molecular weight is 239 g/mol. The molecule has 0 bridgehead atoms. The number of nitrogens with zero attached hydrogens (tertiary/aromatic N) is 2. The quantitative estimate of drug-likeness (QED) is 0.740. The van der Waals surface area contributed by atoms with Crippen molar-refractivity contribution in [3.63, 3.8) is 0 Å². The van der Waals surface area contributed by atoms with Gasteiger partial charge >= 0.3 is 0 Å². The van der Waals surface area contributed by atoms with Gasteiger partial charge in [0, 0.05) is 6.54 Å². The predicted octanol–water partition coefficient (Wildman–Crippen LogP) is 3.44. The lowest BCUT2D eigenvalue weighted by molar-refractivity contribution is 0.632. The van der Waals surface area contributed by atoms with Gasteiger partial charge in [-0.25, -0.2) is 4.98 Å². The Kier molecular flexibility index (Phi) is 6.23. The van der Waals surface area contributed by atoms with Gasteiger partial charge in [-0.1, -0.05) is 20.8 Å². The lowest BCUT2D eigenvalue weighted by Gasteiger charge is -2.06. The van der Waals surface area contributed by atoms with E-state index in [2.05, 4.69) is 36.1 Å². The molecular weight excluding hydrogens is 218 g/mol. The van der Waals surface area contributed by atoms with Crippen LogP contribution in [-0.2, 0) is 0 Å². The summed E-state index contributed by atoms with van der Waals surface area (Å²) in [5.41, 5.74) is 0. The topological polar surface area (TPSA) is 37.8 Å². The maximum absolute atomic E-state index is 4.50. The largest absolute Gasteiger partial charge is 0.369 e. The van der Waals surface area contributed by atoms with Gasteiger partial charge in [-0.3, -0.25) is 4.98 Å². The van der Waals surface area contributed by atoms with Crippen molar-refractivity contribution < 1.29 is 0 Å². The molecule has 90 valence electrons. The molecule has 1 rings (SSSR count). The van der Waals surface area contributed by atoms with Crippen LogP contribution < -0.4 is 5.32 Å². The fourth-order valence-electron chi connectivity index (χ4n) is 1.16. The van der Waals surface area contributed by atoms with E-state index in [1.54, 1.807) is 18.0 Å². The van der Waals surface area contributed by atoms with Crippen molar-refractivity contribution in [2.45, 2.75) is 38.6 Å². The van der Waals surface area contributed by atoms with E-state index in [-0.39, 0.29) is 0 Å². The number of aromatic nitrogens is 2. The van der Waals surface area contributed by atoms with E-state index in [9.17, 15) is 0 Å². The zero-order valence-electron chi connectivity index (χ0n) is 10.4. The summed E-state index contributed by atoms with van der Waals surface area (Å²) in [5, 5.41) is 4.26. The van der Waals surface area contributed by atoms with Gasteiger partial charge in [0.15, 0.2) is 0 Å². The average Bonchev–Trinajstić information content (AvgIpc) is 2.26. The third-order valence-corrected chi connectivity index (χ3v) is 3.05. The van der Waals surface area contributed by atoms with Crippen LogP contribution in [0.15, 0.2) is 17.4 Å². The van der Waals surface area contributed by atoms with Gasteiger partial charge in [-0.2, -0.15) is 0 Å². The summed E-state index contributed by atoms with van der Waals surface area (Å²) in [6, 6.07) is 0. The number of thioether (sulfide) groups is 1. The minimum Gasteiger partial charge on any atom is -0.369 e. The van der Waals surface area contributed by atoms with E-state index in [4.69, 9.17) is 0 Å². The fourth-order valence-corrected chi connectivity index (χ4v) is 2.25. The molecule has 0 radical (unpaired) electrons. The molecule has 1 aromatic heterocycles. The van der Waals surface area contributed by atoms with Crippen LogP contribution in [0.3, 0.4) is 0 Å². The highest BCUT2D eigenvalue weighted by Crippen LogP contribution is 2.18. The number of hydrogen-bond acceptors (Lipinski definition) is 4. The summed E-state index contributed by atoms with van der Waals surface area (Å²) in [6.45, 7) is 7.58. The maximum Gasteiger partial charge on any atom is 0.145 e. The van der Waals surface area contributed by atoms with E-state index in [1.807, 2.05) is 6.20 Å². The Bertz CT molecular complexity index is 302. The molecule has 1 heterocycles. The first-order valence-corrected chi connectivity index (χ1v) is 6.89. The van der Waals surface area contributed by atoms with Crippen molar-refractivity contribution >= 4 is 17.6 Å². The summed E-state index contributed by atoms with van der Waals surface area (Å²) >= 11 is 1.78. The molecule has 0 aromatic carbocycles. The second-order valence-corrected chi connectivity index (χ2v) is 5.32. The lowest BCUT2D eigenvalue weighted by atomic mass is 10.2. The van der Waals surface area contributed by atoms with E-state index < -0.39 is 0 Å². The van der Waals surface area contributed by atoms with E-state index in [0.29, 0.717) is 0 Å². The molecule has 16 heavy (non-hydrogen) atoms. The zero-order chi connectivity index (χ0) is 11.8. The maximum atomic E-state index is 4.50. The molecule has 1 N–H and O–H groups in total. The molecule has 0 atom stereocenters. The van der Waals surface area contributed by atoms with Gasteiger partial charge in [0.2, 0.25) is 0 Å². The van der Waals surface area contributed by atoms with E-state index in [1.165, 1.54) is 6.42 Å². The smallest absolute Gasteiger partial charge is 0.145 e. The molecule has 0 spiro atoms. The van der Waals surface area contributed by atoms with E-state index >= 15 is 0 Å². The molecule has 0 unspecified atom stereocenters. The van der Waals surface area contributed by atoms with Gasteiger partial charge in [-0.05, 0) is 24.5 Å². The van der Waals surface area contributed by atoms with Crippen molar-refractivity contribution in [1.82, 2.24) is 9.97 Å². The van der Waals surface area contributed by atoms with Gasteiger partial charge in [0.1, 0.15) is 10.8 Å². The molecular formula is C12H21N3S. The predicted molar refractivity (Wildman–Crippen MR) is 71.0 cm³/mol. The van der Waals surface area contributed by atoms with Gasteiger partial charge in [-0.15, -0.1) is 11.8 Å². The Morgan fingerprint density at radius 1 is 1.38 bits per heavy atom. The standard InChI is InChI=1S/C12H21N3S/c1-4-6-14-11-8-13-9-12(15-11)16-7-5-10(2)3/h8-10H,4-7H2,1-3H3,(H,14,15). The van der Waals surface area contributed by atoms with Crippen LogP contribution in [-0.4, -0.2) is 22.3 Å². The van der Waals surface area contributed by atoms with Crippen molar-refractivity contribution in [1.29, 1.82) is 0 Å². The van der Waals surface area contributed by atoms with Crippen molar-refractivity contribution in [3.05, 3.63) is 12.4 Å². The Hall–Kier alpha value is -0.770. The molecule has 0 amide bonds. The Labute approximate surface area is 102 Å². The van der Waals surface area contributed by atoms with Crippen LogP contribution >= 0.6 is 11.8 Å². The molecule has 0 fully saturated rings.